The van der Waals surface area contributed by atoms with Crippen LogP contribution in [0.15, 0.2) is 63.0 Å². The van der Waals surface area contributed by atoms with Gasteiger partial charge in [0.05, 0.1) is 28.0 Å². The highest BCUT2D eigenvalue weighted by Gasteiger charge is 2.19. The van der Waals surface area contributed by atoms with E-state index in [-0.39, 0.29) is 5.56 Å². The summed E-state index contributed by atoms with van der Waals surface area (Å²) in [5, 5.41) is 14.0. The Kier molecular flexibility index (Phi) is 4.43. The third-order valence-electron chi connectivity index (χ3n) is 5.23. The molecule has 8 heteroatoms. The minimum atomic E-state index is -0.110. The Hall–Kier alpha value is -3.39. The molecule has 150 valence electrons. The number of para-hydroxylation sites is 1. The van der Waals surface area contributed by atoms with Crippen LogP contribution in [0.2, 0.25) is 0 Å². The van der Waals surface area contributed by atoms with Gasteiger partial charge in [-0.1, -0.05) is 41.2 Å². The Morgan fingerprint density at radius 3 is 2.67 bits per heavy atom. The molecule has 0 aliphatic carbocycles. The molecule has 30 heavy (non-hydrogen) atoms. The van der Waals surface area contributed by atoms with Crippen LogP contribution in [0.3, 0.4) is 0 Å². The third-order valence-corrected chi connectivity index (χ3v) is 6.18. The van der Waals surface area contributed by atoms with Crippen molar-refractivity contribution in [3.63, 3.8) is 0 Å². The Morgan fingerprint density at radius 1 is 1.03 bits per heavy atom. The summed E-state index contributed by atoms with van der Waals surface area (Å²) in [6.07, 6.45) is 0. The van der Waals surface area contributed by atoms with Gasteiger partial charge in [-0.25, -0.2) is 4.57 Å². The molecule has 0 spiro atoms. The number of thioether (sulfide) groups is 1. The number of aromatic nitrogens is 5. The molecule has 0 fully saturated rings. The zero-order valence-electron chi connectivity index (χ0n) is 16.8. The van der Waals surface area contributed by atoms with Crippen molar-refractivity contribution in [2.24, 2.45) is 0 Å². The molecule has 5 aromatic rings. The van der Waals surface area contributed by atoms with Crippen molar-refractivity contribution < 1.29 is 4.52 Å². The van der Waals surface area contributed by atoms with E-state index < -0.39 is 0 Å². The van der Waals surface area contributed by atoms with Crippen LogP contribution in [-0.2, 0) is 5.75 Å². The van der Waals surface area contributed by atoms with Gasteiger partial charge in [-0.05, 0) is 50.1 Å². The van der Waals surface area contributed by atoms with Crippen molar-refractivity contribution in [1.29, 1.82) is 0 Å². The van der Waals surface area contributed by atoms with Crippen LogP contribution in [0.1, 0.15) is 22.6 Å². The molecule has 3 aromatic heterocycles. The van der Waals surface area contributed by atoms with Crippen molar-refractivity contribution in [1.82, 2.24) is 24.3 Å². The van der Waals surface area contributed by atoms with Gasteiger partial charge in [0.25, 0.3) is 5.56 Å². The fourth-order valence-electron chi connectivity index (χ4n) is 3.59. The van der Waals surface area contributed by atoms with Crippen molar-refractivity contribution in [3.8, 4) is 5.69 Å². The van der Waals surface area contributed by atoms with E-state index in [4.69, 9.17) is 4.52 Å². The summed E-state index contributed by atoms with van der Waals surface area (Å²) in [6.45, 7) is 5.94. The van der Waals surface area contributed by atoms with Crippen LogP contribution in [0.4, 0.5) is 0 Å². The van der Waals surface area contributed by atoms with Gasteiger partial charge in [0.15, 0.2) is 5.16 Å². The smallest absolute Gasteiger partial charge is 0.267 e. The fourth-order valence-corrected chi connectivity index (χ4v) is 4.40. The maximum absolute atomic E-state index is 13.4. The minimum Gasteiger partial charge on any atom is -0.360 e. The first-order valence-electron chi connectivity index (χ1n) is 9.55. The highest BCUT2D eigenvalue weighted by Crippen LogP contribution is 2.27. The van der Waals surface area contributed by atoms with Crippen LogP contribution in [-0.4, -0.2) is 24.3 Å². The number of aryl methyl sites for hydroxylation is 2. The van der Waals surface area contributed by atoms with E-state index in [1.165, 1.54) is 11.8 Å². The molecule has 0 N–H and O–H groups in total. The van der Waals surface area contributed by atoms with Gasteiger partial charge in [0.2, 0.25) is 5.78 Å². The van der Waals surface area contributed by atoms with E-state index >= 15 is 0 Å². The lowest BCUT2D eigenvalue weighted by molar-refractivity contribution is 0.391. The maximum atomic E-state index is 13.4. The molecule has 3 heterocycles. The molecule has 0 amide bonds. The summed E-state index contributed by atoms with van der Waals surface area (Å²) in [5.41, 5.74) is 4.46. The molecule has 2 aromatic carbocycles. The lowest BCUT2D eigenvalue weighted by atomic mass is 10.1. The molecule has 0 radical (unpaired) electrons. The van der Waals surface area contributed by atoms with Gasteiger partial charge < -0.3 is 4.52 Å². The lowest BCUT2D eigenvalue weighted by Gasteiger charge is -2.14. The quantitative estimate of drug-likeness (QED) is 0.407. The normalized spacial score (nSPS) is 11.6. The van der Waals surface area contributed by atoms with Gasteiger partial charge >= 0.3 is 0 Å². The van der Waals surface area contributed by atoms with Crippen molar-refractivity contribution in [2.75, 3.05) is 0 Å². The third kappa shape index (κ3) is 2.91. The highest BCUT2D eigenvalue weighted by molar-refractivity contribution is 7.98. The molecule has 0 saturated heterocycles. The van der Waals surface area contributed by atoms with Gasteiger partial charge in [-0.3, -0.25) is 9.20 Å². The standard InChI is InChI=1S/C22H19N5O2S/c1-13-7-6-10-18(15(13)3)26-20(28)17-8-4-5-9-19(17)27-21(26)23-24-22(27)30-12-16-11-14(2)25-29-16/h4-11H,12H2,1-3H3. The number of hydrogen-bond donors (Lipinski definition) is 0. The summed E-state index contributed by atoms with van der Waals surface area (Å²) in [7, 11) is 0. The SMILES string of the molecule is Cc1cc(CSc2nnc3n(-c4cccc(C)c4C)c(=O)c4ccccc4n23)on1. The van der Waals surface area contributed by atoms with Crippen molar-refractivity contribution in [2.45, 2.75) is 31.7 Å². The monoisotopic (exact) mass is 417 g/mol. The van der Waals surface area contributed by atoms with Crippen LogP contribution in [0.25, 0.3) is 22.4 Å². The number of benzene rings is 2. The molecule has 0 unspecified atom stereocenters. The van der Waals surface area contributed by atoms with Crippen molar-refractivity contribution >= 4 is 28.4 Å². The molecule has 5 rings (SSSR count). The van der Waals surface area contributed by atoms with Gasteiger partial charge in [0.1, 0.15) is 5.76 Å². The summed E-state index contributed by atoms with van der Waals surface area (Å²) in [6, 6.07) is 15.4. The van der Waals surface area contributed by atoms with E-state index in [0.29, 0.717) is 22.1 Å². The molecular formula is C22H19N5O2S. The number of nitrogens with zero attached hydrogens (tertiary/aromatic N) is 5. The largest absolute Gasteiger partial charge is 0.360 e. The number of fused-ring (bicyclic) bond motifs is 3. The first-order chi connectivity index (χ1) is 14.5. The van der Waals surface area contributed by atoms with E-state index in [2.05, 4.69) is 15.4 Å². The molecule has 0 aliphatic rings. The second-order valence-corrected chi connectivity index (χ2v) is 8.16. The second-order valence-electron chi connectivity index (χ2n) is 7.22. The van der Waals surface area contributed by atoms with E-state index in [0.717, 1.165) is 33.8 Å². The first-order valence-corrected chi connectivity index (χ1v) is 10.5. The minimum absolute atomic E-state index is 0.110. The lowest BCUT2D eigenvalue weighted by Crippen LogP contribution is -2.22. The predicted octanol–water partition coefficient (Wildman–Crippen LogP) is 4.24. The fraction of sp³-hybridized carbons (Fsp3) is 0.182. The molecule has 0 atom stereocenters. The molecular weight excluding hydrogens is 398 g/mol. The Morgan fingerprint density at radius 2 is 1.87 bits per heavy atom. The Bertz CT molecular complexity index is 1460. The zero-order chi connectivity index (χ0) is 20.8. The molecule has 0 bridgehead atoms. The van der Waals surface area contributed by atoms with Gasteiger partial charge in [-0.2, -0.15) is 0 Å². The summed E-state index contributed by atoms with van der Waals surface area (Å²) >= 11 is 1.50. The first kappa shape index (κ1) is 18.6. The maximum Gasteiger partial charge on any atom is 0.267 e. The van der Waals surface area contributed by atoms with Gasteiger partial charge in [-0.15, -0.1) is 10.2 Å². The topological polar surface area (TPSA) is 78.2 Å². The predicted molar refractivity (Wildman–Crippen MR) is 116 cm³/mol. The summed E-state index contributed by atoms with van der Waals surface area (Å²) in [5.74, 6) is 1.82. The summed E-state index contributed by atoms with van der Waals surface area (Å²) < 4.78 is 8.91. The van der Waals surface area contributed by atoms with Gasteiger partial charge in [0, 0.05) is 6.07 Å². The Labute approximate surface area is 176 Å². The van der Waals surface area contributed by atoms with Crippen LogP contribution in [0.5, 0.6) is 0 Å². The van der Waals surface area contributed by atoms with E-state index in [1.807, 2.05) is 73.7 Å². The molecule has 7 nitrogen and oxygen atoms in total. The highest BCUT2D eigenvalue weighted by atomic mass is 32.2. The number of rotatable bonds is 4. The van der Waals surface area contributed by atoms with E-state index in [1.54, 1.807) is 4.57 Å². The average Bonchev–Trinajstić information content (AvgIpc) is 3.36. The Balaban J connectivity index is 1.77. The summed E-state index contributed by atoms with van der Waals surface area (Å²) in [4.78, 5) is 13.4. The zero-order valence-corrected chi connectivity index (χ0v) is 17.6. The number of hydrogen-bond acceptors (Lipinski definition) is 6. The van der Waals surface area contributed by atoms with Crippen molar-refractivity contribution in [3.05, 3.63) is 81.5 Å². The van der Waals surface area contributed by atoms with Crippen LogP contribution >= 0.6 is 11.8 Å². The van der Waals surface area contributed by atoms with E-state index in [9.17, 15) is 4.79 Å². The molecule has 0 aliphatic heterocycles. The molecule has 0 saturated carbocycles. The van der Waals surface area contributed by atoms with Crippen LogP contribution < -0.4 is 5.56 Å². The van der Waals surface area contributed by atoms with Crippen LogP contribution in [0, 0.1) is 20.8 Å². The average molecular weight is 417 g/mol. The second kappa shape index (κ2) is 7.14.